The lowest BCUT2D eigenvalue weighted by atomic mass is 9.94. The van der Waals surface area contributed by atoms with Crippen LogP contribution in [0.2, 0.25) is 0 Å². The van der Waals surface area contributed by atoms with Crippen LogP contribution in [0.4, 0.5) is 0 Å². The number of nitrogens with two attached hydrogens (primary N) is 1. The molecule has 0 saturated carbocycles. The molecule has 0 bridgehead atoms. The van der Waals surface area contributed by atoms with Gasteiger partial charge in [0.1, 0.15) is 0 Å². The van der Waals surface area contributed by atoms with Gasteiger partial charge in [0, 0.05) is 26.1 Å². The first kappa shape index (κ1) is 17.4. The summed E-state index contributed by atoms with van der Waals surface area (Å²) in [5.41, 5.74) is 5.61. The van der Waals surface area contributed by atoms with E-state index < -0.39 is 0 Å². The number of nitrogens with one attached hydrogen (secondary N) is 1. The van der Waals surface area contributed by atoms with E-state index in [1.165, 1.54) is 6.42 Å². The van der Waals surface area contributed by atoms with E-state index in [9.17, 15) is 4.79 Å². The van der Waals surface area contributed by atoms with E-state index in [2.05, 4.69) is 24.2 Å². The fraction of sp³-hybridized carbons (Fsp3) is 0.933. The molecule has 1 heterocycles. The van der Waals surface area contributed by atoms with E-state index in [0.717, 1.165) is 39.0 Å². The molecule has 0 aromatic carbocycles. The van der Waals surface area contributed by atoms with E-state index in [1.807, 2.05) is 0 Å². The summed E-state index contributed by atoms with van der Waals surface area (Å²) < 4.78 is 5.63. The highest BCUT2D eigenvalue weighted by molar-refractivity contribution is 5.75. The lowest BCUT2D eigenvalue weighted by Gasteiger charge is -2.30. The molecular formula is C15H31N3O2. The molecule has 0 aromatic heterocycles. The summed E-state index contributed by atoms with van der Waals surface area (Å²) >= 11 is 0. The molecule has 5 heteroatoms. The minimum atomic E-state index is 0.133. The molecule has 0 aromatic rings. The Kier molecular flexibility index (Phi) is 8.82. The second-order valence-electron chi connectivity index (χ2n) is 5.83. The summed E-state index contributed by atoms with van der Waals surface area (Å²) in [6.07, 6.45) is 5.04. The molecule has 0 aliphatic carbocycles. The molecule has 1 amide bonds. The summed E-state index contributed by atoms with van der Waals surface area (Å²) in [5.74, 6) is 0.729. The van der Waals surface area contributed by atoms with Crippen LogP contribution in [0.15, 0.2) is 0 Å². The number of morpholine rings is 1. The number of carbonyl (C=O) groups excluding carboxylic acids is 1. The highest BCUT2D eigenvalue weighted by Crippen LogP contribution is 2.16. The van der Waals surface area contributed by atoms with Crippen LogP contribution in [0.5, 0.6) is 0 Å². The molecule has 118 valence electrons. The predicted octanol–water partition coefficient (Wildman–Crippen LogP) is 0.979. The fourth-order valence-electron chi connectivity index (χ4n) is 2.72. The molecule has 3 N–H and O–H groups in total. The van der Waals surface area contributed by atoms with Gasteiger partial charge < -0.3 is 20.7 Å². The van der Waals surface area contributed by atoms with Crippen LogP contribution < -0.4 is 11.1 Å². The lowest BCUT2D eigenvalue weighted by molar-refractivity contribution is -0.122. The third-order valence-electron chi connectivity index (χ3n) is 3.92. The van der Waals surface area contributed by atoms with Gasteiger partial charge in [-0.05, 0) is 32.4 Å². The van der Waals surface area contributed by atoms with Crippen LogP contribution >= 0.6 is 0 Å². The normalized spacial score (nSPS) is 21.6. The molecule has 1 rings (SSSR count). The largest absolute Gasteiger partial charge is 0.374 e. The number of likely N-dealkylation sites (N-methyl/N-ethyl adjacent to an activating group) is 1. The quantitative estimate of drug-likeness (QED) is 0.662. The van der Waals surface area contributed by atoms with Crippen molar-refractivity contribution in [1.82, 2.24) is 10.2 Å². The van der Waals surface area contributed by atoms with Gasteiger partial charge in [0.2, 0.25) is 5.91 Å². The molecule has 1 fully saturated rings. The van der Waals surface area contributed by atoms with Crippen molar-refractivity contribution in [1.29, 1.82) is 0 Å². The van der Waals surface area contributed by atoms with Crippen LogP contribution in [-0.2, 0) is 9.53 Å². The Balaban J connectivity index is 2.15. The highest BCUT2D eigenvalue weighted by Gasteiger charge is 2.18. The summed E-state index contributed by atoms with van der Waals surface area (Å²) in [6, 6.07) is 0. The number of rotatable bonds is 9. The van der Waals surface area contributed by atoms with Crippen LogP contribution in [0, 0.1) is 5.92 Å². The van der Waals surface area contributed by atoms with Crippen molar-refractivity contribution in [2.45, 2.75) is 45.1 Å². The summed E-state index contributed by atoms with van der Waals surface area (Å²) in [6.45, 7) is 6.15. The molecule has 1 saturated heterocycles. The number of carbonyl (C=O) groups is 1. The maximum absolute atomic E-state index is 11.9. The zero-order chi connectivity index (χ0) is 14.8. The first-order valence-electron chi connectivity index (χ1n) is 7.92. The topological polar surface area (TPSA) is 67.6 Å². The summed E-state index contributed by atoms with van der Waals surface area (Å²) in [7, 11) is 2.08. The highest BCUT2D eigenvalue weighted by atomic mass is 16.5. The van der Waals surface area contributed by atoms with Crippen molar-refractivity contribution in [3.8, 4) is 0 Å². The Labute approximate surface area is 123 Å². The van der Waals surface area contributed by atoms with Gasteiger partial charge >= 0.3 is 0 Å². The Bertz CT molecular complexity index is 257. The van der Waals surface area contributed by atoms with Gasteiger partial charge in [-0.1, -0.05) is 19.8 Å². The van der Waals surface area contributed by atoms with Gasteiger partial charge in [-0.15, -0.1) is 0 Å². The van der Waals surface area contributed by atoms with E-state index in [-0.39, 0.29) is 12.0 Å². The first-order valence-corrected chi connectivity index (χ1v) is 7.92. The van der Waals surface area contributed by atoms with Crippen LogP contribution in [0.25, 0.3) is 0 Å². The van der Waals surface area contributed by atoms with E-state index in [0.29, 0.717) is 25.4 Å². The third-order valence-corrected chi connectivity index (χ3v) is 3.92. The van der Waals surface area contributed by atoms with Gasteiger partial charge in [-0.25, -0.2) is 0 Å². The van der Waals surface area contributed by atoms with Crippen molar-refractivity contribution in [3.05, 3.63) is 0 Å². The number of nitrogens with zero attached hydrogens (tertiary/aromatic N) is 1. The van der Waals surface area contributed by atoms with Crippen molar-refractivity contribution < 1.29 is 9.53 Å². The molecule has 5 nitrogen and oxygen atoms in total. The molecule has 0 spiro atoms. The fourth-order valence-corrected chi connectivity index (χ4v) is 2.72. The smallest absolute Gasteiger partial charge is 0.220 e. The molecule has 1 aliphatic heterocycles. The molecule has 2 unspecified atom stereocenters. The summed E-state index contributed by atoms with van der Waals surface area (Å²) in [5, 5.41) is 2.99. The Morgan fingerprint density at radius 3 is 2.90 bits per heavy atom. The van der Waals surface area contributed by atoms with Gasteiger partial charge in [0.15, 0.2) is 0 Å². The Morgan fingerprint density at radius 2 is 2.25 bits per heavy atom. The maximum Gasteiger partial charge on any atom is 0.220 e. The van der Waals surface area contributed by atoms with Gasteiger partial charge in [-0.3, -0.25) is 4.79 Å². The first-order chi connectivity index (χ1) is 9.65. The molecule has 0 radical (unpaired) electrons. The van der Waals surface area contributed by atoms with E-state index >= 15 is 0 Å². The molecule has 2 atom stereocenters. The van der Waals surface area contributed by atoms with Crippen LogP contribution in [-0.4, -0.2) is 56.7 Å². The number of hydrogen-bond donors (Lipinski definition) is 2. The summed E-state index contributed by atoms with van der Waals surface area (Å²) in [4.78, 5) is 14.1. The maximum atomic E-state index is 11.9. The number of ether oxygens (including phenoxy) is 1. The van der Waals surface area contributed by atoms with Crippen LogP contribution in [0.3, 0.4) is 0 Å². The SMILES string of the molecule is CCCC(CCN)CCC(=O)NCC1CN(C)CCO1. The monoisotopic (exact) mass is 285 g/mol. The standard InChI is InChI=1S/C15H31N3O2/c1-3-4-13(7-8-16)5-6-15(19)17-11-14-12-18(2)9-10-20-14/h13-14H,3-12,16H2,1-2H3,(H,17,19). The molecule has 1 aliphatic rings. The zero-order valence-corrected chi connectivity index (χ0v) is 13.1. The van der Waals surface area contributed by atoms with E-state index in [1.54, 1.807) is 0 Å². The second-order valence-corrected chi connectivity index (χ2v) is 5.83. The van der Waals surface area contributed by atoms with Crippen molar-refractivity contribution in [3.63, 3.8) is 0 Å². The minimum absolute atomic E-state index is 0.133. The second kappa shape index (κ2) is 10.1. The van der Waals surface area contributed by atoms with Crippen molar-refractivity contribution in [2.24, 2.45) is 11.7 Å². The lowest BCUT2D eigenvalue weighted by Crippen LogP contribution is -2.45. The van der Waals surface area contributed by atoms with Gasteiger partial charge in [0.05, 0.1) is 12.7 Å². The van der Waals surface area contributed by atoms with Gasteiger partial charge in [-0.2, -0.15) is 0 Å². The third kappa shape index (κ3) is 7.22. The Morgan fingerprint density at radius 1 is 1.45 bits per heavy atom. The zero-order valence-electron chi connectivity index (χ0n) is 13.1. The molecular weight excluding hydrogens is 254 g/mol. The average Bonchev–Trinajstić information content (AvgIpc) is 2.43. The number of hydrogen-bond acceptors (Lipinski definition) is 4. The van der Waals surface area contributed by atoms with Crippen LogP contribution in [0.1, 0.15) is 39.0 Å². The van der Waals surface area contributed by atoms with Crippen molar-refractivity contribution >= 4 is 5.91 Å². The van der Waals surface area contributed by atoms with Crippen molar-refractivity contribution in [2.75, 3.05) is 39.8 Å². The predicted molar refractivity (Wildman–Crippen MR) is 81.6 cm³/mol. The number of amides is 1. The van der Waals surface area contributed by atoms with Gasteiger partial charge in [0.25, 0.3) is 0 Å². The minimum Gasteiger partial charge on any atom is -0.374 e. The van der Waals surface area contributed by atoms with E-state index in [4.69, 9.17) is 10.5 Å². The molecule has 20 heavy (non-hydrogen) atoms. The Hall–Kier alpha value is -0.650. The average molecular weight is 285 g/mol.